The van der Waals surface area contributed by atoms with Crippen LogP contribution < -0.4 is 16.4 Å². The number of ether oxygens (including phenoxy) is 1. The van der Waals surface area contributed by atoms with Crippen molar-refractivity contribution in [1.29, 1.82) is 0 Å². The molecule has 1 aliphatic rings. The van der Waals surface area contributed by atoms with Crippen molar-refractivity contribution in [3.05, 3.63) is 24.9 Å². The fourth-order valence-corrected chi connectivity index (χ4v) is 2.26. The van der Waals surface area contributed by atoms with Gasteiger partial charge in [0.05, 0.1) is 11.8 Å². The van der Waals surface area contributed by atoms with E-state index in [9.17, 15) is 9.59 Å². The molecule has 1 heterocycles. The van der Waals surface area contributed by atoms with Crippen LogP contribution >= 0.6 is 0 Å². The van der Waals surface area contributed by atoms with Gasteiger partial charge in [0.2, 0.25) is 11.9 Å². The van der Waals surface area contributed by atoms with Gasteiger partial charge in [0, 0.05) is 26.1 Å². The summed E-state index contributed by atoms with van der Waals surface area (Å²) in [5, 5.41) is 6.07. The number of nitrogens with two attached hydrogens (primary N) is 1. The average Bonchev–Trinajstić information content (AvgIpc) is 3.57. The maximum absolute atomic E-state index is 11.9. The van der Waals surface area contributed by atoms with E-state index in [1.165, 1.54) is 11.9 Å². The molecule has 0 radical (unpaired) electrons. The lowest BCUT2D eigenvalue weighted by Gasteiger charge is -2.24. The number of unbranched alkanes of at least 4 members (excludes halogenated alkanes) is 1. The van der Waals surface area contributed by atoms with Crippen LogP contribution in [0.25, 0.3) is 0 Å². The monoisotopic (exact) mass is 456 g/mol. The van der Waals surface area contributed by atoms with Gasteiger partial charge in [-0.15, -0.1) is 26.0 Å². The highest BCUT2D eigenvalue weighted by molar-refractivity contribution is 5.82. The van der Waals surface area contributed by atoms with E-state index in [2.05, 4.69) is 58.4 Å². The molecule has 1 aromatic rings. The molecule has 9 nitrogen and oxygen atoms in total. The van der Waals surface area contributed by atoms with Crippen LogP contribution in [0.3, 0.4) is 0 Å². The summed E-state index contributed by atoms with van der Waals surface area (Å²) in [6, 6.07) is 0.443. The Bertz CT molecular complexity index is 847. The second-order valence-electron chi connectivity index (χ2n) is 8.00. The van der Waals surface area contributed by atoms with Crippen LogP contribution in [0.5, 0.6) is 0 Å². The van der Waals surface area contributed by atoms with Gasteiger partial charge in [-0.2, -0.15) is 4.98 Å². The Morgan fingerprint density at radius 1 is 1.33 bits per heavy atom. The molecule has 0 aliphatic heterocycles. The van der Waals surface area contributed by atoms with Crippen LogP contribution in [-0.4, -0.2) is 58.6 Å². The van der Waals surface area contributed by atoms with Gasteiger partial charge in [-0.05, 0) is 40.0 Å². The lowest BCUT2D eigenvalue weighted by Crippen LogP contribution is -2.41. The molecule has 1 fully saturated rings. The SMILES string of the molecule is C#C.C=C.CN(CC(=O)NCCCC#Cc1cnc(N)nc1NC1CC1)C(=O)OC(C)(C)C. The third kappa shape index (κ3) is 13.3. The number of rotatable bonds is 7. The molecule has 0 aromatic carbocycles. The second kappa shape index (κ2) is 15.1. The van der Waals surface area contributed by atoms with Crippen LogP contribution in [0.15, 0.2) is 19.4 Å². The molecule has 9 heteroatoms. The molecule has 4 N–H and O–H groups in total. The number of nitrogens with one attached hydrogen (secondary N) is 2. The Hall–Kier alpha value is -3.72. The number of carbonyl (C=O) groups is 2. The summed E-state index contributed by atoms with van der Waals surface area (Å²) >= 11 is 0. The summed E-state index contributed by atoms with van der Waals surface area (Å²) in [6.45, 7) is 11.8. The number of anilines is 2. The first-order valence-electron chi connectivity index (χ1n) is 10.6. The van der Waals surface area contributed by atoms with Crippen LogP contribution in [0.1, 0.15) is 52.0 Å². The molecule has 1 saturated carbocycles. The van der Waals surface area contributed by atoms with Crippen molar-refractivity contribution in [3.63, 3.8) is 0 Å². The number of aromatic nitrogens is 2. The van der Waals surface area contributed by atoms with E-state index in [0.29, 0.717) is 36.8 Å². The number of hydrogen-bond donors (Lipinski definition) is 3. The van der Waals surface area contributed by atoms with Crippen molar-refractivity contribution in [3.8, 4) is 24.7 Å². The van der Waals surface area contributed by atoms with Gasteiger partial charge in [0.15, 0.2) is 0 Å². The quantitative estimate of drug-likeness (QED) is 0.327. The minimum Gasteiger partial charge on any atom is -0.444 e. The first-order chi connectivity index (χ1) is 15.6. The van der Waals surface area contributed by atoms with E-state index in [4.69, 9.17) is 10.5 Å². The average molecular weight is 457 g/mol. The topological polar surface area (TPSA) is 122 Å². The maximum Gasteiger partial charge on any atom is 0.410 e. The lowest BCUT2D eigenvalue weighted by molar-refractivity contribution is -0.122. The van der Waals surface area contributed by atoms with Crippen molar-refractivity contribution < 1.29 is 14.3 Å². The lowest BCUT2D eigenvalue weighted by atomic mass is 10.2. The first kappa shape index (κ1) is 29.3. The highest BCUT2D eigenvalue weighted by Gasteiger charge is 2.23. The molecule has 1 aromatic heterocycles. The minimum atomic E-state index is -0.593. The number of hydrogen-bond acceptors (Lipinski definition) is 7. The summed E-state index contributed by atoms with van der Waals surface area (Å²) in [5.74, 6) is 6.77. The minimum absolute atomic E-state index is 0.0560. The van der Waals surface area contributed by atoms with Crippen LogP contribution in [0, 0.1) is 24.7 Å². The Morgan fingerprint density at radius 3 is 2.55 bits per heavy atom. The zero-order valence-electron chi connectivity index (χ0n) is 20.1. The Labute approximate surface area is 197 Å². The van der Waals surface area contributed by atoms with Gasteiger partial charge in [-0.3, -0.25) is 4.79 Å². The zero-order chi connectivity index (χ0) is 25.4. The van der Waals surface area contributed by atoms with Gasteiger partial charge in [-0.1, -0.05) is 11.8 Å². The Morgan fingerprint density at radius 2 is 1.97 bits per heavy atom. The van der Waals surface area contributed by atoms with Crippen LogP contribution in [0.4, 0.5) is 16.6 Å². The summed E-state index contributed by atoms with van der Waals surface area (Å²) in [7, 11) is 1.53. The molecular formula is C24H36N6O3. The van der Waals surface area contributed by atoms with Gasteiger partial charge in [-0.25, -0.2) is 9.78 Å². The predicted molar refractivity (Wildman–Crippen MR) is 132 cm³/mol. The number of carbonyl (C=O) groups excluding carboxylic acids is 2. The van der Waals surface area contributed by atoms with E-state index in [-0.39, 0.29) is 18.4 Å². The molecule has 1 aliphatic carbocycles. The van der Waals surface area contributed by atoms with E-state index < -0.39 is 11.7 Å². The van der Waals surface area contributed by atoms with Crippen molar-refractivity contribution in [2.75, 3.05) is 31.2 Å². The molecular weight excluding hydrogens is 420 g/mol. The summed E-state index contributed by atoms with van der Waals surface area (Å²) in [4.78, 5) is 33.2. The summed E-state index contributed by atoms with van der Waals surface area (Å²) in [5.41, 5.74) is 5.77. The highest BCUT2D eigenvalue weighted by atomic mass is 16.6. The molecule has 0 bridgehead atoms. The number of nitrogens with zero attached hydrogens (tertiary/aromatic N) is 3. The fourth-order valence-electron chi connectivity index (χ4n) is 2.26. The number of nitrogen functional groups attached to an aromatic ring is 1. The standard InChI is InChI=1S/C20H30N6O3.C2H4.C2H2/c1-20(2,3)29-19(28)26(4)13-16(27)22-11-7-5-6-8-14-12-23-18(21)25-17(14)24-15-9-10-15;2*1-2/h12,15H,5,7,9-11,13H2,1-4H3,(H,22,27)(H3,21,23,24,25);1-2H2;1-2H. The van der Waals surface area contributed by atoms with E-state index >= 15 is 0 Å². The summed E-state index contributed by atoms with van der Waals surface area (Å²) < 4.78 is 5.21. The molecule has 33 heavy (non-hydrogen) atoms. The molecule has 0 unspecified atom stereocenters. The van der Waals surface area contributed by atoms with Crippen LogP contribution in [0.2, 0.25) is 0 Å². The molecule has 2 rings (SSSR count). The normalized spacial score (nSPS) is 11.7. The molecule has 180 valence electrons. The second-order valence-corrected chi connectivity index (χ2v) is 8.00. The summed E-state index contributed by atoms with van der Waals surface area (Å²) in [6.07, 6.45) is 12.6. The number of terminal acetylenes is 1. The largest absolute Gasteiger partial charge is 0.444 e. The molecule has 2 amide bonds. The Kier molecular flexibility index (Phi) is 13.4. The maximum atomic E-state index is 11.9. The van der Waals surface area contributed by atoms with E-state index in [1.54, 1.807) is 27.0 Å². The van der Waals surface area contributed by atoms with E-state index in [0.717, 1.165) is 12.8 Å². The molecule has 0 saturated heterocycles. The predicted octanol–water partition coefficient (Wildman–Crippen LogP) is 2.80. The van der Waals surface area contributed by atoms with E-state index in [1.807, 2.05) is 0 Å². The third-order valence-corrected chi connectivity index (χ3v) is 3.84. The van der Waals surface area contributed by atoms with Crippen molar-refractivity contribution in [1.82, 2.24) is 20.2 Å². The van der Waals surface area contributed by atoms with Crippen molar-refractivity contribution in [2.24, 2.45) is 0 Å². The van der Waals surface area contributed by atoms with Gasteiger partial charge in [0.1, 0.15) is 18.0 Å². The third-order valence-electron chi connectivity index (χ3n) is 3.84. The number of amides is 2. The van der Waals surface area contributed by atoms with Gasteiger partial charge in [0.25, 0.3) is 0 Å². The van der Waals surface area contributed by atoms with Gasteiger partial charge >= 0.3 is 6.09 Å². The van der Waals surface area contributed by atoms with Crippen LogP contribution in [-0.2, 0) is 9.53 Å². The van der Waals surface area contributed by atoms with Crippen molar-refractivity contribution in [2.45, 2.75) is 58.1 Å². The zero-order valence-corrected chi connectivity index (χ0v) is 20.1. The highest BCUT2D eigenvalue weighted by Crippen LogP contribution is 2.25. The fraction of sp³-hybridized carbons (Fsp3) is 0.500. The van der Waals surface area contributed by atoms with Gasteiger partial charge < -0.3 is 26.0 Å². The van der Waals surface area contributed by atoms with Crippen molar-refractivity contribution >= 4 is 23.8 Å². The Balaban J connectivity index is 0.00000242. The molecule has 0 atom stereocenters. The smallest absolute Gasteiger partial charge is 0.410 e. The number of likely N-dealkylation sites (N-methyl/N-ethyl adjacent to an activating group) is 1. The first-order valence-corrected chi connectivity index (χ1v) is 10.6. The molecule has 0 spiro atoms.